The molecule has 0 amide bonds. The van der Waals surface area contributed by atoms with Gasteiger partial charge in [0.05, 0.1) is 0 Å². The third kappa shape index (κ3) is 4.16. The Morgan fingerprint density at radius 1 is 0.895 bits per heavy atom. The summed E-state index contributed by atoms with van der Waals surface area (Å²) in [6.45, 7) is 6.51. The summed E-state index contributed by atoms with van der Waals surface area (Å²) in [5, 5.41) is 0. The molecule has 1 aliphatic carbocycles. The second-order valence-corrected chi connectivity index (χ2v) is 6.79. The van der Waals surface area contributed by atoms with E-state index in [1.54, 1.807) is 0 Å². The smallest absolute Gasteiger partial charge is 0.210 e. The molecule has 0 nitrogen and oxygen atoms in total. The van der Waals surface area contributed by atoms with Crippen LogP contribution in [0.25, 0.3) is 0 Å². The van der Waals surface area contributed by atoms with Crippen molar-refractivity contribution in [1.29, 1.82) is 0 Å². The molecule has 0 saturated heterocycles. The van der Waals surface area contributed by atoms with Gasteiger partial charge in [-0.1, -0.05) is 65.7 Å². The molecule has 1 rings (SSSR count). The molecule has 0 bridgehead atoms. The van der Waals surface area contributed by atoms with Crippen molar-refractivity contribution in [2.24, 2.45) is 10.8 Å². The van der Waals surface area contributed by atoms with Gasteiger partial charge in [-0.15, -0.1) is 0 Å². The van der Waals surface area contributed by atoms with E-state index in [1.165, 1.54) is 25.7 Å². The molecule has 0 N–H and O–H groups in total. The topological polar surface area (TPSA) is 0 Å². The van der Waals surface area contributed by atoms with Crippen molar-refractivity contribution >= 4 is 0 Å². The lowest BCUT2D eigenvalue weighted by atomic mass is 9.67. The Labute approximate surface area is 118 Å². The second kappa shape index (κ2) is 7.59. The molecular formula is C17H32F2. The molecule has 1 saturated carbocycles. The maximum Gasteiger partial charge on any atom is 0.244 e. The van der Waals surface area contributed by atoms with E-state index in [0.29, 0.717) is 0 Å². The van der Waals surface area contributed by atoms with Crippen molar-refractivity contribution in [1.82, 2.24) is 0 Å². The first-order valence-corrected chi connectivity index (χ1v) is 8.30. The van der Waals surface area contributed by atoms with Crippen molar-refractivity contribution in [2.75, 3.05) is 0 Å². The van der Waals surface area contributed by atoms with E-state index in [0.717, 1.165) is 44.9 Å². The van der Waals surface area contributed by atoms with Crippen LogP contribution >= 0.6 is 0 Å². The number of unbranched alkanes of at least 4 members (excludes halogenated alkanes) is 5. The zero-order valence-corrected chi connectivity index (χ0v) is 13.1. The summed E-state index contributed by atoms with van der Waals surface area (Å²) in [6.07, 6.45) is 9.73. The standard InChI is InChI=1S/C17H32F2/c1-4-6-8-9-10-12-16(3,11-7-5-2)17(13-14-17)15(18)19/h15H,4-14H2,1-3H3. The zero-order chi connectivity index (χ0) is 14.4. The summed E-state index contributed by atoms with van der Waals surface area (Å²) >= 11 is 0. The average molecular weight is 274 g/mol. The molecule has 114 valence electrons. The lowest BCUT2D eigenvalue weighted by Gasteiger charge is -2.38. The highest BCUT2D eigenvalue weighted by Crippen LogP contribution is 2.65. The van der Waals surface area contributed by atoms with Crippen LogP contribution < -0.4 is 0 Å². The number of halogens is 2. The first-order valence-electron chi connectivity index (χ1n) is 8.30. The highest BCUT2D eigenvalue weighted by atomic mass is 19.3. The van der Waals surface area contributed by atoms with Crippen LogP contribution in [0.5, 0.6) is 0 Å². The van der Waals surface area contributed by atoms with Gasteiger partial charge in [0.15, 0.2) is 0 Å². The van der Waals surface area contributed by atoms with Crippen LogP contribution in [0.1, 0.15) is 91.4 Å². The Kier molecular flexibility index (Phi) is 6.76. The summed E-state index contributed by atoms with van der Waals surface area (Å²) in [6, 6.07) is 0. The fourth-order valence-corrected chi connectivity index (χ4v) is 3.53. The largest absolute Gasteiger partial charge is 0.244 e. The maximum atomic E-state index is 13.4. The van der Waals surface area contributed by atoms with Gasteiger partial charge in [-0.2, -0.15) is 0 Å². The average Bonchev–Trinajstić information content (AvgIpc) is 3.18. The van der Waals surface area contributed by atoms with Gasteiger partial charge in [-0.25, -0.2) is 8.78 Å². The molecular weight excluding hydrogens is 242 g/mol. The van der Waals surface area contributed by atoms with Gasteiger partial charge in [-0.05, 0) is 31.1 Å². The summed E-state index contributed by atoms with van der Waals surface area (Å²) < 4.78 is 26.9. The SMILES string of the molecule is CCCCCCCC(C)(CCCC)C1(C(F)F)CC1. The van der Waals surface area contributed by atoms with E-state index in [2.05, 4.69) is 20.8 Å². The normalized spacial score (nSPS) is 20.5. The van der Waals surface area contributed by atoms with Crippen LogP contribution in [0.2, 0.25) is 0 Å². The van der Waals surface area contributed by atoms with E-state index in [9.17, 15) is 8.78 Å². The molecule has 0 aromatic heterocycles. The van der Waals surface area contributed by atoms with Crippen molar-refractivity contribution in [3.05, 3.63) is 0 Å². The van der Waals surface area contributed by atoms with Crippen molar-refractivity contribution in [3.8, 4) is 0 Å². The van der Waals surface area contributed by atoms with Crippen molar-refractivity contribution in [3.63, 3.8) is 0 Å². The van der Waals surface area contributed by atoms with E-state index in [-0.39, 0.29) is 5.41 Å². The van der Waals surface area contributed by atoms with Crippen LogP contribution in [0.4, 0.5) is 8.78 Å². The van der Waals surface area contributed by atoms with Crippen molar-refractivity contribution < 1.29 is 8.78 Å². The van der Waals surface area contributed by atoms with E-state index in [4.69, 9.17) is 0 Å². The second-order valence-electron chi connectivity index (χ2n) is 6.79. The van der Waals surface area contributed by atoms with Gasteiger partial charge >= 0.3 is 0 Å². The summed E-state index contributed by atoms with van der Waals surface area (Å²) in [5.74, 6) is 0. The Morgan fingerprint density at radius 3 is 1.89 bits per heavy atom. The maximum absolute atomic E-state index is 13.4. The van der Waals surface area contributed by atoms with Crippen LogP contribution in [0.3, 0.4) is 0 Å². The molecule has 0 radical (unpaired) electrons. The molecule has 2 heteroatoms. The van der Waals surface area contributed by atoms with Crippen LogP contribution in [0, 0.1) is 10.8 Å². The van der Waals surface area contributed by atoms with Gasteiger partial charge in [0.2, 0.25) is 6.43 Å². The number of hydrogen-bond acceptors (Lipinski definition) is 0. The molecule has 19 heavy (non-hydrogen) atoms. The molecule has 1 atom stereocenters. The van der Waals surface area contributed by atoms with Gasteiger partial charge < -0.3 is 0 Å². The molecule has 1 fully saturated rings. The Bertz CT molecular complexity index is 246. The van der Waals surface area contributed by atoms with E-state index >= 15 is 0 Å². The Balaban J connectivity index is 2.51. The minimum atomic E-state index is -2.12. The summed E-state index contributed by atoms with van der Waals surface area (Å²) in [5.41, 5.74) is -0.754. The lowest BCUT2D eigenvalue weighted by molar-refractivity contribution is -0.0317. The first-order chi connectivity index (χ1) is 9.02. The van der Waals surface area contributed by atoms with Gasteiger partial charge in [0.25, 0.3) is 0 Å². The molecule has 0 aromatic rings. The zero-order valence-electron chi connectivity index (χ0n) is 13.1. The minimum Gasteiger partial charge on any atom is -0.210 e. The predicted octanol–water partition coefficient (Wildman–Crippen LogP) is 6.59. The van der Waals surface area contributed by atoms with E-state index in [1.807, 2.05) is 0 Å². The molecule has 0 heterocycles. The molecule has 1 unspecified atom stereocenters. The summed E-state index contributed by atoms with van der Waals surface area (Å²) in [4.78, 5) is 0. The fourth-order valence-electron chi connectivity index (χ4n) is 3.53. The Morgan fingerprint density at radius 2 is 1.42 bits per heavy atom. The van der Waals surface area contributed by atoms with Gasteiger partial charge in [0, 0.05) is 5.41 Å². The van der Waals surface area contributed by atoms with Crippen LogP contribution in [-0.2, 0) is 0 Å². The molecule has 1 aliphatic rings. The highest BCUT2D eigenvalue weighted by Gasteiger charge is 2.61. The third-order valence-corrected chi connectivity index (χ3v) is 5.32. The fraction of sp³-hybridized carbons (Fsp3) is 1.00. The highest BCUT2D eigenvalue weighted by molar-refractivity contribution is 5.06. The lowest BCUT2D eigenvalue weighted by Crippen LogP contribution is -2.34. The summed E-state index contributed by atoms with van der Waals surface area (Å²) in [7, 11) is 0. The Hall–Kier alpha value is -0.140. The third-order valence-electron chi connectivity index (χ3n) is 5.32. The quantitative estimate of drug-likeness (QED) is 0.373. The van der Waals surface area contributed by atoms with Crippen LogP contribution in [0.15, 0.2) is 0 Å². The predicted molar refractivity (Wildman–Crippen MR) is 78.7 cm³/mol. The number of alkyl halides is 2. The van der Waals surface area contributed by atoms with Gasteiger partial charge in [0.1, 0.15) is 0 Å². The molecule has 0 spiro atoms. The van der Waals surface area contributed by atoms with Gasteiger partial charge in [-0.3, -0.25) is 0 Å². The van der Waals surface area contributed by atoms with E-state index < -0.39 is 11.8 Å². The first kappa shape index (κ1) is 16.9. The number of hydrogen-bond donors (Lipinski definition) is 0. The number of rotatable bonds is 11. The monoisotopic (exact) mass is 274 g/mol. The molecule has 0 aliphatic heterocycles. The molecule has 0 aromatic carbocycles. The minimum absolute atomic E-state index is 0.122. The van der Waals surface area contributed by atoms with Crippen LogP contribution in [-0.4, -0.2) is 6.43 Å². The van der Waals surface area contributed by atoms with Crippen molar-refractivity contribution in [2.45, 2.75) is 97.8 Å².